The Hall–Kier alpha value is -1.20. The Labute approximate surface area is 120 Å². The van der Waals surface area contributed by atoms with Crippen molar-refractivity contribution in [3.05, 3.63) is 63.6 Å². The lowest BCUT2D eigenvalue weighted by Gasteiger charge is -2.17. The zero-order valence-electron chi connectivity index (χ0n) is 9.91. The van der Waals surface area contributed by atoms with Gasteiger partial charge in [-0.25, -0.2) is 9.37 Å². The molecule has 0 aliphatic rings. The Kier molecular flexibility index (Phi) is 4.71. The maximum Gasteiger partial charge on any atom is 0.129 e. The fourth-order valence-corrected chi connectivity index (χ4v) is 2.24. The lowest BCUT2D eigenvalue weighted by atomic mass is 10.0. The molecule has 2 rings (SSSR count). The molecule has 0 aliphatic carbocycles. The van der Waals surface area contributed by atoms with Crippen LogP contribution < -0.4 is 11.3 Å². The normalized spacial score (nSPS) is 12.4. The van der Waals surface area contributed by atoms with Gasteiger partial charge in [-0.15, -0.1) is 0 Å². The summed E-state index contributed by atoms with van der Waals surface area (Å²) in [6, 6.07) is 7.66. The van der Waals surface area contributed by atoms with Crippen LogP contribution in [0.3, 0.4) is 0 Å². The lowest BCUT2D eigenvalue weighted by Crippen LogP contribution is -2.29. The van der Waals surface area contributed by atoms with E-state index in [1.165, 1.54) is 12.1 Å². The van der Waals surface area contributed by atoms with E-state index in [4.69, 9.17) is 29.0 Å². The van der Waals surface area contributed by atoms with Crippen molar-refractivity contribution in [2.75, 3.05) is 0 Å². The van der Waals surface area contributed by atoms with Gasteiger partial charge in [0.15, 0.2) is 0 Å². The molecule has 1 aromatic carbocycles. The minimum absolute atomic E-state index is 0.177. The fraction of sp³-hybridized carbons (Fsp3) is 0.154. The van der Waals surface area contributed by atoms with Crippen molar-refractivity contribution in [3.63, 3.8) is 0 Å². The van der Waals surface area contributed by atoms with Gasteiger partial charge in [0.1, 0.15) is 11.0 Å². The Bertz CT molecular complexity index is 578. The molecule has 0 spiro atoms. The summed E-state index contributed by atoms with van der Waals surface area (Å²) in [7, 11) is 0. The molecule has 3 nitrogen and oxygen atoms in total. The highest BCUT2D eigenvalue weighted by Gasteiger charge is 2.13. The fourth-order valence-electron chi connectivity index (χ4n) is 1.81. The summed E-state index contributed by atoms with van der Waals surface area (Å²) in [4.78, 5) is 3.91. The molecule has 3 N–H and O–H groups in total. The summed E-state index contributed by atoms with van der Waals surface area (Å²) in [6.07, 6.45) is 2.13. The van der Waals surface area contributed by atoms with Crippen LogP contribution in [0.15, 0.2) is 36.5 Å². The average Bonchev–Trinajstić information content (AvgIpc) is 2.38. The van der Waals surface area contributed by atoms with Crippen molar-refractivity contribution in [2.45, 2.75) is 12.5 Å². The molecule has 0 saturated heterocycles. The summed E-state index contributed by atoms with van der Waals surface area (Å²) in [6.45, 7) is 0. The van der Waals surface area contributed by atoms with E-state index in [2.05, 4.69) is 10.4 Å². The van der Waals surface area contributed by atoms with Crippen molar-refractivity contribution >= 4 is 23.2 Å². The minimum Gasteiger partial charge on any atom is -0.271 e. The number of halogens is 3. The van der Waals surface area contributed by atoms with Crippen molar-refractivity contribution in [1.82, 2.24) is 10.4 Å². The number of hydrogen-bond acceptors (Lipinski definition) is 3. The summed E-state index contributed by atoms with van der Waals surface area (Å²) in [5.74, 6) is 5.19. The van der Waals surface area contributed by atoms with E-state index < -0.39 is 0 Å². The molecule has 100 valence electrons. The van der Waals surface area contributed by atoms with E-state index in [1.807, 2.05) is 6.07 Å². The maximum atomic E-state index is 13.0. The second-order valence-corrected chi connectivity index (χ2v) is 4.87. The number of hydrogen-bond donors (Lipinski definition) is 2. The molecule has 19 heavy (non-hydrogen) atoms. The molecule has 1 heterocycles. The smallest absolute Gasteiger partial charge is 0.129 e. The first-order chi connectivity index (χ1) is 9.10. The topological polar surface area (TPSA) is 50.9 Å². The third-order valence-corrected chi connectivity index (χ3v) is 3.35. The first-order valence-corrected chi connectivity index (χ1v) is 6.37. The average molecular weight is 300 g/mol. The second kappa shape index (κ2) is 6.30. The van der Waals surface area contributed by atoms with Crippen molar-refractivity contribution in [1.29, 1.82) is 0 Å². The van der Waals surface area contributed by atoms with Crippen molar-refractivity contribution in [3.8, 4) is 0 Å². The van der Waals surface area contributed by atoms with Gasteiger partial charge in [-0.3, -0.25) is 11.3 Å². The molecule has 2 aromatic rings. The van der Waals surface area contributed by atoms with Gasteiger partial charge < -0.3 is 0 Å². The predicted octanol–water partition coefficient (Wildman–Crippen LogP) is 3.27. The van der Waals surface area contributed by atoms with E-state index >= 15 is 0 Å². The van der Waals surface area contributed by atoms with E-state index in [0.29, 0.717) is 16.6 Å². The zero-order valence-corrected chi connectivity index (χ0v) is 11.4. The largest absolute Gasteiger partial charge is 0.271 e. The molecule has 0 aliphatic heterocycles. The molecular weight excluding hydrogens is 288 g/mol. The van der Waals surface area contributed by atoms with Crippen LogP contribution in [0.1, 0.15) is 17.2 Å². The second-order valence-electron chi connectivity index (χ2n) is 4.07. The van der Waals surface area contributed by atoms with Crippen LogP contribution >= 0.6 is 23.2 Å². The summed E-state index contributed by atoms with van der Waals surface area (Å²) in [5, 5.41) is 0.767. The summed E-state index contributed by atoms with van der Waals surface area (Å²) < 4.78 is 13.0. The molecule has 6 heteroatoms. The van der Waals surface area contributed by atoms with Gasteiger partial charge >= 0.3 is 0 Å². The van der Waals surface area contributed by atoms with Gasteiger partial charge in [-0.05, 0) is 41.8 Å². The van der Waals surface area contributed by atoms with Crippen LogP contribution in [-0.4, -0.2) is 4.98 Å². The maximum absolute atomic E-state index is 13.0. The summed E-state index contributed by atoms with van der Waals surface area (Å²) in [5.41, 5.74) is 4.39. The third-order valence-electron chi connectivity index (χ3n) is 2.79. The molecule has 0 bridgehead atoms. The number of aromatic nitrogens is 1. The molecule has 0 amide bonds. The van der Waals surface area contributed by atoms with Gasteiger partial charge in [-0.1, -0.05) is 29.3 Å². The Morgan fingerprint density at radius 3 is 2.68 bits per heavy atom. The number of nitrogens with zero attached hydrogens (tertiary/aromatic N) is 1. The van der Waals surface area contributed by atoms with Crippen LogP contribution in [0.5, 0.6) is 0 Å². The van der Waals surface area contributed by atoms with Gasteiger partial charge in [0.25, 0.3) is 0 Å². The molecule has 0 fully saturated rings. The molecular formula is C13H12Cl2FN3. The monoisotopic (exact) mass is 299 g/mol. The van der Waals surface area contributed by atoms with E-state index in [9.17, 15) is 4.39 Å². The predicted molar refractivity (Wildman–Crippen MR) is 74.4 cm³/mol. The first kappa shape index (κ1) is 14.2. The van der Waals surface area contributed by atoms with Crippen LogP contribution in [0, 0.1) is 5.82 Å². The van der Waals surface area contributed by atoms with Gasteiger partial charge in [0.05, 0.1) is 6.04 Å². The standard InChI is InChI=1S/C13H12Cl2FN3/c14-11-7-10(16)2-1-8(11)5-12(19-17)9-3-4-18-13(15)6-9/h1-4,6-7,12,19H,5,17H2. The third kappa shape index (κ3) is 3.64. The van der Waals surface area contributed by atoms with Gasteiger partial charge in [0.2, 0.25) is 0 Å². The van der Waals surface area contributed by atoms with Gasteiger partial charge in [0, 0.05) is 11.2 Å². The number of nitrogens with two attached hydrogens (primary N) is 1. The molecule has 0 radical (unpaired) electrons. The van der Waals surface area contributed by atoms with Crippen LogP contribution in [0.2, 0.25) is 10.2 Å². The number of benzene rings is 1. The number of rotatable bonds is 4. The van der Waals surface area contributed by atoms with E-state index in [-0.39, 0.29) is 11.9 Å². The van der Waals surface area contributed by atoms with Crippen molar-refractivity contribution < 1.29 is 4.39 Å². The number of nitrogens with one attached hydrogen (secondary N) is 1. The van der Waals surface area contributed by atoms with Gasteiger partial charge in [-0.2, -0.15) is 0 Å². The van der Waals surface area contributed by atoms with Crippen LogP contribution in [-0.2, 0) is 6.42 Å². The highest BCUT2D eigenvalue weighted by molar-refractivity contribution is 6.31. The first-order valence-electron chi connectivity index (χ1n) is 5.61. The SMILES string of the molecule is NNC(Cc1ccc(F)cc1Cl)c1ccnc(Cl)c1. The molecule has 1 unspecified atom stereocenters. The highest BCUT2D eigenvalue weighted by Crippen LogP contribution is 2.24. The Balaban J connectivity index is 2.24. The van der Waals surface area contributed by atoms with Crippen LogP contribution in [0.25, 0.3) is 0 Å². The van der Waals surface area contributed by atoms with Crippen molar-refractivity contribution in [2.24, 2.45) is 5.84 Å². The zero-order chi connectivity index (χ0) is 13.8. The molecule has 1 aromatic heterocycles. The van der Waals surface area contributed by atoms with E-state index in [1.54, 1.807) is 18.3 Å². The Morgan fingerprint density at radius 1 is 1.26 bits per heavy atom. The van der Waals surface area contributed by atoms with E-state index in [0.717, 1.165) is 11.1 Å². The molecule has 1 atom stereocenters. The minimum atomic E-state index is -0.363. The lowest BCUT2D eigenvalue weighted by molar-refractivity contribution is 0.550. The highest BCUT2D eigenvalue weighted by atomic mass is 35.5. The van der Waals surface area contributed by atoms with Crippen LogP contribution in [0.4, 0.5) is 4.39 Å². The number of pyridine rings is 1. The quantitative estimate of drug-likeness (QED) is 0.517. The Morgan fingerprint density at radius 2 is 2.05 bits per heavy atom. The number of hydrazine groups is 1. The summed E-state index contributed by atoms with van der Waals surface area (Å²) >= 11 is 11.8. The molecule has 0 saturated carbocycles.